The van der Waals surface area contributed by atoms with E-state index in [1.54, 1.807) is 0 Å². The van der Waals surface area contributed by atoms with Gasteiger partial charge in [0.15, 0.2) is 0 Å². The molecule has 0 bridgehead atoms. The maximum absolute atomic E-state index is 12.9. The summed E-state index contributed by atoms with van der Waals surface area (Å²) in [6.07, 6.45) is -4.39. The molecular weight excluding hydrogens is 421 g/mol. The first-order chi connectivity index (χ1) is 14.9. The minimum Gasteiger partial charge on any atom is -0.290 e. The lowest BCUT2D eigenvalue weighted by Crippen LogP contribution is -2.48. The summed E-state index contributed by atoms with van der Waals surface area (Å²) in [5.41, 5.74) is 1.67. The zero-order valence-corrected chi connectivity index (χ0v) is 17.6. The van der Waals surface area contributed by atoms with Crippen LogP contribution < -0.4 is 0 Å². The zero-order chi connectivity index (χ0) is 21.8. The SMILES string of the molecule is O=S(c1ccc(C(F)(F)F)cc1)N1CCN(C(c2ccccc2)c2ccccc2)CC1. The monoisotopic (exact) mass is 444 g/mol. The fourth-order valence-corrected chi connectivity index (χ4v) is 5.08. The van der Waals surface area contributed by atoms with Crippen LogP contribution in [0.3, 0.4) is 0 Å². The zero-order valence-electron chi connectivity index (χ0n) is 16.8. The molecule has 1 fully saturated rings. The van der Waals surface area contributed by atoms with Gasteiger partial charge < -0.3 is 0 Å². The number of benzene rings is 3. The molecular formula is C24H23F3N2OS. The fourth-order valence-electron chi connectivity index (χ4n) is 3.92. The van der Waals surface area contributed by atoms with Crippen molar-refractivity contribution in [1.29, 1.82) is 0 Å². The first-order valence-electron chi connectivity index (χ1n) is 10.1. The minimum absolute atomic E-state index is 0.101. The summed E-state index contributed by atoms with van der Waals surface area (Å²) in [4.78, 5) is 2.76. The van der Waals surface area contributed by atoms with Crippen molar-refractivity contribution >= 4 is 11.0 Å². The Morgan fingerprint density at radius 2 is 1.19 bits per heavy atom. The Labute approximate surface area is 182 Å². The Morgan fingerprint density at radius 3 is 1.65 bits per heavy atom. The summed E-state index contributed by atoms with van der Waals surface area (Å²) < 4.78 is 53.1. The fraction of sp³-hybridized carbons (Fsp3) is 0.250. The van der Waals surface area contributed by atoms with Crippen LogP contribution in [-0.2, 0) is 17.2 Å². The van der Waals surface area contributed by atoms with E-state index in [9.17, 15) is 17.4 Å². The van der Waals surface area contributed by atoms with Crippen molar-refractivity contribution in [3.05, 3.63) is 102 Å². The van der Waals surface area contributed by atoms with E-state index < -0.39 is 22.7 Å². The Hall–Kier alpha value is -2.48. The van der Waals surface area contributed by atoms with Gasteiger partial charge in [0.1, 0.15) is 11.0 Å². The largest absolute Gasteiger partial charge is 0.416 e. The van der Waals surface area contributed by atoms with Crippen molar-refractivity contribution < 1.29 is 17.4 Å². The molecule has 0 aliphatic carbocycles. The second-order valence-corrected chi connectivity index (χ2v) is 8.95. The molecule has 3 aromatic carbocycles. The van der Waals surface area contributed by atoms with E-state index in [0.717, 1.165) is 12.1 Å². The van der Waals surface area contributed by atoms with E-state index in [1.165, 1.54) is 23.3 Å². The Morgan fingerprint density at radius 1 is 0.710 bits per heavy atom. The lowest BCUT2D eigenvalue weighted by molar-refractivity contribution is -0.137. The third kappa shape index (κ3) is 5.06. The number of rotatable bonds is 5. The van der Waals surface area contributed by atoms with Crippen LogP contribution in [0, 0.1) is 0 Å². The number of nitrogens with zero attached hydrogens (tertiary/aromatic N) is 2. The predicted molar refractivity (Wildman–Crippen MR) is 116 cm³/mol. The minimum atomic E-state index is -4.39. The molecule has 3 nitrogen and oxygen atoms in total. The highest BCUT2D eigenvalue weighted by Crippen LogP contribution is 2.31. The van der Waals surface area contributed by atoms with Gasteiger partial charge in [-0.05, 0) is 35.4 Å². The summed E-state index contributed by atoms with van der Waals surface area (Å²) in [6, 6.07) is 25.3. The normalized spacial score (nSPS) is 17.0. The molecule has 4 rings (SSSR count). The van der Waals surface area contributed by atoms with E-state index in [2.05, 4.69) is 29.2 Å². The second kappa shape index (κ2) is 9.34. The van der Waals surface area contributed by atoms with Crippen LogP contribution in [0.5, 0.6) is 0 Å². The van der Waals surface area contributed by atoms with Gasteiger partial charge in [-0.1, -0.05) is 60.7 Å². The van der Waals surface area contributed by atoms with Crippen molar-refractivity contribution in [2.75, 3.05) is 26.2 Å². The van der Waals surface area contributed by atoms with Crippen molar-refractivity contribution in [1.82, 2.24) is 9.21 Å². The molecule has 0 saturated carbocycles. The van der Waals surface area contributed by atoms with E-state index in [-0.39, 0.29) is 6.04 Å². The molecule has 1 saturated heterocycles. The molecule has 0 N–H and O–H groups in total. The van der Waals surface area contributed by atoms with Gasteiger partial charge in [0, 0.05) is 26.2 Å². The molecule has 1 atom stereocenters. The lowest BCUT2D eigenvalue weighted by Gasteiger charge is -2.39. The molecule has 0 spiro atoms. The van der Waals surface area contributed by atoms with E-state index in [4.69, 9.17) is 0 Å². The van der Waals surface area contributed by atoms with Crippen molar-refractivity contribution in [2.24, 2.45) is 0 Å². The first-order valence-corrected chi connectivity index (χ1v) is 11.2. The number of alkyl halides is 3. The molecule has 3 aromatic rings. The number of hydrogen-bond donors (Lipinski definition) is 0. The Kier molecular flexibility index (Phi) is 6.55. The molecule has 1 aliphatic heterocycles. The Bertz CT molecular complexity index is 963. The van der Waals surface area contributed by atoms with Crippen LogP contribution in [0.15, 0.2) is 89.8 Å². The second-order valence-electron chi connectivity index (χ2n) is 7.46. The van der Waals surface area contributed by atoms with E-state index >= 15 is 0 Å². The van der Waals surface area contributed by atoms with Crippen LogP contribution in [0.2, 0.25) is 0 Å². The number of piperazine rings is 1. The summed E-state index contributed by atoms with van der Waals surface area (Å²) in [7, 11) is -1.48. The standard InChI is InChI=1S/C24H23F3N2OS/c25-24(26,27)21-11-13-22(14-12-21)31(30)29-17-15-28(16-18-29)23(19-7-3-1-4-8-19)20-9-5-2-6-10-20/h1-14,23H,15-18H2. The molecule has 1 heterocycles. The highest BCUT2D eigenvalue weighted by molar-refractivity contribution is 7.82. The topological polar surface area (TPSA) is 23.6 Å². The maximum Gasteiger partial charge on any atom is 0.416 e. The number of halogens is 3. The van der Waals surface area contributed by atoms with Crippen LogP contribution in [0.4, 0.5) is 13.2 Å². The first kappa shape index (κ1) is 21.7. The van der Waals surface area contributed by atoms with Crippen LogP contribution in [0.1, 0.15) is 22.7 Å². The van der Waals surface area contributed by atoms with Crippen LogP contribution >= 0.6 is 0 Å². The van der Waals surface area contributed by atoms with Gasteiger partial charge in [0.2, 0.25) is 0 Å². The molecule has 1 aliphatic rings. The lowest BCUT2D eigenvalue weighted by atomic mass is 9.96. The maximum atomic E-state index is 12.9. The summed E-state index contributed by atoms with van der Waals surface area (Å²) in [5, 5.41) is 0. The van der Waals surface area contributed by atoms with Gasteiger partial charge in [0.05, 0.1) is 16.5 Å². The summed E-state index contributed by atoms with van der Waals surface area (Å²) >= 11 is 0. The van der Waals surface area contributed by atoms with Gasteiger partial charge in [0.25, 0.3) is 0 Å². The van der Waals surface area contributed by atoms with Crippen molar-refractivity contribution in [3.63, 3.8) is 0 Å². The van der Waals surface area contributed by atoms with E-state index in [1.807, 2.05) is 40.7 Å². The highest BCUT2D eigenvalue weighted by atomic mass is 32.2. The van der Waals surface area contributed by atoms with Gasteiger partial charge in [-0.3, -0.25) is 4.90 Å². The Balaban J connectivity index is 1.47. The third-order valence-corrected chi connectivity index (χ3v) is 7.00. The average molecular weight is 445 g/mol. The smallest absolute Gasteiger partial charge is 0.290 e. The summed E-state index contributed by atoms with van der Waals surface area (Å²) in [6.45, 7) is 2.56. The molecule has 0 amide bonds. The van der Waals surface area contributed by atoms with Crippen LogP contribution in [-0.4, -0.2) is 39.6 Å². The molecule has 7 heteroatoms. The molecule has 162 valence electrons. The van der Waals surface area contributed by atoms with Gasteiger partial charge in [-0.2, -0.15) is 13.2 Å². The molecule has 31 heavy (non-hydrogen) atoms. The molecule has 1 unspecified atom stereocenters. The van der Waals surface area contributed by atoms with Gasteiger partial charge in [-0.25, -0.2) is 8.51 Å². The quantitative estimate of drug-likeness (QED) is 0.544. The predicted octanol–water partition coefficient (Wildman–Crippen LogP) is 5.14. The van der Waals surface area contributed by atoms with Crippen molar-refractivity contribution in [3.8, 4) is 0 Å². The third-order valence-electron chi connectivity index (χ3n) is 5.49. The van der Waals surface area contributed by atoms with Crippen molar-refractivity contribution in [2.45, 2.75) is 17.1 Å². The van der Waals surface area contributed by atoms with Gasteiger partial charge >= 0.3 is 6.18 Å². The highest BCUT2D eigenvalue weighted by Gasteiger charge is 2.31. The summed E-state index contributed by atoms with van der Waals surface area (Å²) in [5.74, 6) is 0. The van der Waals surface area contributed by atoms with Crippen LogP contribution in [0.25, 0.3) is 0 Å². The number of hydrogen-bond acceptors (Lipinski definition) is 2. The molecule has 0 aromatic heterocycles. The van der Waals surface area contributed by atoms with Gasteiger partial charge in [-0.15, -0.1) is 0 Å². The van der Waals surface area contributed by atoms with E-state index in [0.29, 0.717) is 31.1 Å². The molecule has 0 radical (unpaired) electrons. The average Bonchev–Trinajstić information content (AvgIpc) is 2.80.